The lowest BCUT2D eigenvalue weighted by atomic mass is 9.82. The Kier molecular flexibility index (Phi) is 13.4. The molecule has 4 N–H and O–H groups in total. The lowest BCUT2D eigenvalue weighted by molar-refractivity contribution is -0.125. The Morgan fingerprint density at radius 3 is 2.58 bits per heavy atom. The van der Waals surface area contributed by atoms with Crippen LogP contribution >= 0.6 is 0 Å². The van der Waals surface area contributed by atoms with E-state index in [1.807, 2.05) is 19.1 Å². The lowest BCUT2D eigenvalue weighted by Gasteiger charge is -2.29. The van der Waals surface area contributed by atoms with Gasteiger partial charge in [-0.05, 0) is 55.2 Å². The number of nitrogens with two attached hydrogens (primary N) is 1. The summed E-state index contributed by atoms with van der Waals surface area (Å²) in [6.45, 7) is 11.1. The number of amides is 1. The number of hydrogen-bond acceptors (Lipinski definition) is 7. The number of nitrogens with one attached hydrogen (secondary N) is 1. The first-order valence-corrected chi connectivity index (χ1v) is 13.5. The third kappa shape index (κ3) is 9.79. The summed E-state index contributed by atoms with van der Waals surface area (Å²) < 4.78 is 22.8. The van der Waals surface area contributed by atoms with Crippen molar-refractivity contribution in [2.45, 2.75) is 78.4 Å². The number of hydrogen-bond donors (Lipinski definition) is 3. The second-order valence-corrected chi connectivity index (χ2v) is 10.3. The van der Waals surface area contributed by atoms with Crippen molar-refractivity contribution in [1.82, 2.24) is 5.32 Å². The molecule has 0 radical (unpaired) electrons. The Bertz CT molecular complexity index is 788. The van der Waals surface area contributed by atoms with Crippen LogP contribution in [0.15, 0.2) is 12.1 Å². The second kappa shape index (κ2) is 15.9. The molecule has 0 saturated carbocycles. The summed E-state index contributed by atoms with van der Waals surface area (Å²) in [6.07, 6.45) is 3.82. The smallest absolute Gasteiger partial charge is 0.222 e. The van der Waals surface area contributed by atoms with Crippen molar-refractivity contribution in [2.75, 3.05) is 40.1 Å². The SMILES string of the molecule is CCCCNC(=O)[C@H](C)C[C@H](O)[C@@H](N)C[C@H](Cc1cc(OCCCOC)c2c(c1)OCCO2)C(C)C. The molecule has 2 rings (SSSR count). The Balaban J connectivity index is 2.03. The van der Waals surface area contributed by atoms with E-state index in [0.29, 0.717) is 69.0 Å². The van der Waals surface area contributed by atoms with Gasteiger partial charge >= 0.3 is 0 Å². The molecule has 1 heterocycles. The molecule has 0 fully saturated rings. The molecule has 8 nitrogen and oxygen atoms in total. The molecule has 206 valence electrons. The zero-order valence-electron chi connectivity index (χ0n) is 22.9. The molecule has 1 aromatic rings. The van der Waals surface area contributed by atoms with Crippen LogP contribution < -0.4 is 25.3 Å². The van der Waals surface area contributed by atoms with E-state index in [0.717, 1.165) is 31.2 Å². The number of carbonyl (C=O) groups excluding carboxylic acids is 1. The van der Waals surface area contributed by atoms with Crippen LogP contribution in [0.3, 0.4) is 0 Å². The van der Waals surface area contributed by atoms with Crippen LogP contribution in [0.25, 0.3) is 0 Å². The van der Waals surface area contributed by atoms with E-state index >= 15 is 0 Å². The molecule has 0 saturated heterocycles. The summed E-state index contributed by atoms with van der Waals surface area (Å²) in [4.78, 5) is 12.3. The van der Waals surface area contributed by atoms with Crippen LogP contribution in [-0.4, -0.2) is 63.2 Å². The topological polar surface area (TPSA) is 112 Å². The van der Waals surface area contributed by atoms with E-state index in [9.17, 15) is 9.90 Å². The molecule has 1 amide bonds. The number of unbranched alkanes of at least 4 members (excludes halogenated alkanes) is 1. The third-order valence-electron chi connectivity index (χ3n) is 6.80. The van der Waals surface area contributed by atoms with E-state index in [2.05, 4.69) is 26.1 Å². The summed E-state index contributed by atoms with van der Waals surface area (Å²) in [5, 5.41) is 13.7. The van der Waals surface area contributed by atoms with E-state index in [4.69, 9.17) is 24.7 Å². The standard InChI is InChI=1S/C28H48N2O6/c1-6-7-9-30-28(32)20(4)14-24(31)23(29)18-22(19(2)3)15-21-16-25(34-11-8-10-33-5)27-26(17-21)35-12-13-36-27/h16-17,19-20,22-24,31H,6-15,18,29H2,1-5H3,(H,30,32)/t20-,22+,23+,24+/m1/s1. The van der Waals surface area contributed by atoms with Crippen molar-refractivity contribution in [2.24, 2.45) is 23.5 Å². The molecule has 1 aliphatic heterocycles. The third-order valence-corrected chi connectivity index (χ3v) is 6.80. The van der Waals surface area contributed by atoms with Gasteiger partial charge in [0, 0.05) is 38.6 Å². The number of rotatable bonds is 17. The highest BCUT2D eigenvalue weighted by Gasteiger charge is 2.27. The van der Waals surface area contributed by atoms with Crippen LogP contribution in [-0.2, 0) is 16.0 Å². The van der Waals surface area contributed by atoms with Crippen molar-refractivity contribution in [3.05, 3.63) is 17.7 Å². The van der Waals surface area contributed by atoms with Crippen LogP contribution in [0.5, 0.6) is 17.2 Å². The zero-order valence-corrected chi connectivity index (χ0v) is 22.9. The minimum absolute atomic E-state index is 0.0237. The lowest BCUT2D eigenvalue weighted by Crippen LogP contribution is -2.41. The average molecular weight is 509 g/mol. The fourth-order valence-corrected chi connectivity index (χ4v) is 4.39. The van der Waals surface area contributed by atoms with Crippen LogP contribution in [0.1, 0.15) is 65.4 Å². The quantitative estimate of drug-likeness (QED) is 0.275. The molecule has 0 aliphatic carbocycles. The maximum atomic E-state index is 12.3. The molecule has 0 bridgehead atoms. The number of fused-ring (bicyclic) bond motifs is 1. The van der Waals surface area contributed by atoms with Gasteiger partial charge in [-0.15, -0.1) is 0 Å². The molecule has 1 aliphatic rings. The van der Waals surface area contributed by atoms with Crippen molar-refractivity contribution in [3.8, 4) is 17.2 Å². The number of aliphatic hydroxyl groups is 1. The minimum Gasteiger partial charge on any atom is -0.489 e. The molecule has 0 spiro atoms. The predicted octanol–water partition coefficient (Wildman–Crippen LogP) is 3.71. The van der Waals surface area contributed by atoms with Crippen LogP contribution in [0.2, 0.25) is 0 Å². The maximum Gasteiger partial charge on any atom is 0.222 e. The summed E-state index contributed by atoms with van der Waals surface area (Å²) in [7, 11) is 1.68. The van der Waals surface area contributed by atoms with Crippen molar-refractivity contribution in [3.63, 3.8) is 0 Å². The monoisotopic (exact) mass is 508 g/mol. The van der Waals surface area contributed by atoms with Gasteiger partial charge in [-0.25, -0.2) is 0 Å². The van der Waals surface area contributed by atoms with Crippen molar-refractivity contribution < 1.29 is 28.8 Å². The minimum atomic E-state index is -0.738. The summed E-state index contributed by atoms with van der Waals surface area (Å²) in [6, 6.07) is 3.64. The van der Waals surface area contributed by atoms with Gasteiger partial charge in [0.2, 0.25) is 11.7 Å². The first-order valence-electron chi connectivity index (χ1n) is 13.5. The Morgan fingerprint density at radius 2 is 1.89 bits per heavy atom. The van der Waals surface area contributed by atoms with Gasteiger partial charge in [-0.2, -0.15) is 0 Å². The van der Waals surface area contributed by atoms with E-state index < -0.39 is 12.1 Å². The van der Waals surface area contributed by atoms with Crippen molar-refractivity contribution in [1.29, 1.82) is 0 Å². The normalized spacial score (nSPS) is 16.3. The number of aliphatic hydroxyl groups excluding tert-OH is 1. The van der Waals surface area contributed by atoms with Gasteiger partial charge in [0.15, 0.2) is 11.5 Å². The van der Waals surface area contributed by atoms with Crippen molar-refractivity contribution >= 4 is 5.91 Å². The predicted molar refractivity (Wildman–Crippen MR) is 142 cm³/mol. The van der Waals surface area contributed by atoms with Crippen LogP contribution in [0.4, 0.5) is 0 Å². The fourth-order valence-electron chi connectivity index (χ4n) is 4.39. The molecular formula is C28H48N2O6. The molecule has 0 unspecified atom stereocenters. The maximum absolute atomic E-state index is 12.3. The molecule has 0 aromatic heterocycles. The summed E-state index contributed by atoms with van der Waals surface area (Å²) in [5.74, 6) is 2.34. The van der Waals surface area contributed by atoms with Gasteiger partial charge in [0.25, 0.3) is 0 Å². The first-order chi connectivity index (χ1) is 17.3. The zero-order chi connectivity index (χ0) is 26.5. The number of ether oxygens (including phenoxy) is 4. The number of methoxy groups -OCH3 is 1. The van der Waals surface area contributed by atoms with Gasteiger partial charge in [-0.1, -0.05) is 34.1 Å². The van der Waals surface area contributed by atoms with Gasteiger partial charge in [0.1, 0.15) is 13.2 Å². The van der Waals surface area contributed by atoms with Gasteiger partial charge < -0.3 is 35.1 Å². The highest BCUT2D eigenvalue weighted by molar-refractivity contribution is 5.78. The molecule has 4 atom stereocenters. The van der Waals surface area contributed by atoms with Gasteiger partial charge in [0.05, 0.1) is 12.7 Å². The second-order valence-electron chi connectivity index (χ2n) is 10.3. The molecule has 8 heteroatoms. The Morgan fingerprint density at radius 1 is 1.14 bits per heavy atom. The highest BCUT2D eigenvalue weighted by Crippen LogP contribution is 2.41. The summed E-state index contributed by atoms with van der Waals surface area (Å²) in [5.41, 5.74) is 7.54. The fraction of sp³-hybridized carbons (Fsp3) is 0.750. The highest BCUT2D eigenvalue weighted by atomic mass is 16.6. The molecule has 36 heavy (non-hydrogen) atoms. The van der Waals surface area contributed by atoms with Crippen LogP contribution in [0, 0.1) is 17.8 Å². The largest absolute Gasteiger partial charge is 0.489 e. The number of benzene rings is 1. The van der Waals surface area contributed by atoms with E-state index in [-0.39, 0.29) is 17.7 Å². The Labute approximate surface area is 217 Å². The van der Waals surface area contributed by atoms with E-state index in [1.165, 1.54) is 0 Å². The summed E-state index contributed by atoms with van der Waals surface area (Å²) >= 11 is 0. The van der Waals surface area contributed by atoms with Gasteiger partial charge in [-0.3, -0.25) is 4.79 Å². The van der Waals surface area contributed by atoms with E-state index in [1.54, 1.807) is 7.11 Å². The average Bonchev–Trinajstić information content (AvgIpc) is 2.85. The first kappa shape index (κ1) is 30.2. The molecule has 1 aromatic carbocycles. The molecular weight excluding hydrogens is 460 g/mol. The number of carbonyl (C=O) groups is 1. The Hall–Kier alpha value is -2.03.